The van der Waals surface area contributed by atoms with Crippen molar-refractivity contribution in [2.75, 3.05) is 19.8 Å². The SMILES string of the molecule is NC(N)=NCCOCC(F)(F)F. The van der Waals surface area contributed by atoms with Crippen molar-refractivity contribution in [2.24, 2.45) is 16.5 Å². The average molecular weight is 185 g/mol. The van der Waals surface area contributed by atoms with Gasteiger partial charge in [0.05, 0.1) is 13.2 Å². The first-order chi connectivity index (χ1) is 5.42. The molecular formula is C5H10F3N3O. The molecule has 12 heavy (non-hydrogen) atoms. The third-order valence-electron chi connectivity index (χ3n) is 0.796. The van der Waals surface area contributed by atoms with Crippen LogP contribution >= 0.6 is 0 Å². The van der Waals surface area contributed by atoms with Crippen molar-refractivity contribution in [3.05, 3.63) is 0 Å². The van der Waals surface area contributed by atoms with Crippen LogP contribution in [0.2, 0.25) is 0 Å². The largest absolute Gasteiger partial charge is 0.411 e. The van der Waals surface area contributed by atoms with Gasteiger partial charge in [0.25, 0.3) is 0 Å². The van der Waals surface area contributed by atoms with Gasteiger partial charge in [-0.25, -0.2) is 0 Å². The molecule has 0 aromatic carbocycles. The summed E-state index contributed by atoms with van der Waals surface area (Å²) in [4.78, 5) is 3.42. The molecule has 0 saturated heterocycles. The summed E-state index contributed by atoms with van der Waals surface area (Å²) in [7, 11) is 0. The number of nitrogens with zero attached hydrogens (tertiary/aromatic N) is 1. The van der Waals surface area contributed by atoms with Gasteiger partial charge in [-0.3, -0.25) is 4.99 Å². The Morgan fingerprint density at radius 2 is 1.92 bits per heavy atom. The van der Waals surface area contributed by atoms with E-state index in [4.69, 9.17) is 11.5 Å². The molecule has 0 aromatic heterocycles. The molecule has 0 aliphatic heterocycles. The lowest BCUT2D eigenvalue weighted by Gasteiger charge is -2.05. The van der Waals surface area contributed by atoms with E-state index in [1.54, 1.807) is 0 Å². The van der Waals surface area contributed by atoms with E-state index in [0.717, 1.165) is 0 Å². The highest BCUT2D eigenvalue weighted by molar-refractivity contribution is 5.75. The highest BCUT2D eigenvalue weighted by atomic mass is 19.4. The van der Waals surface area contributed by atoms with Crippen LogP contribution in [0.4, 0.5) is 13.2 Å². The minimum atomic E-state index is -4.29. The predicted molar refractivity (Wildman–Crippen MR) is 37.6 cm³/mol. The molecule has 0 rings (SSSR count). The number of alkyl halides is 3. The van der Waals surface area contributed by atoms with Gasteiger partial charge in [0, 0.05) is 0 Å². The summed E-state index contributed by atoms with van der Waals surface area (Å²) in [6.07, 6.45) is -4.29. The number of hydrogen-bond donors (Lipinski definition) is 2. The second-order valence-corrected chi connectivity index (χ2v) is 1.97. The summed E-state index contributed by atoms with van der Waals surface area (Å²) in [6.45, 7) is -1.37. The topological polar surface area (TPSA) is 73.6 Å². The average Bonchev–Trinajstić information content (AvgIpc) is 1.83. The molecule has 0 aliphatic carbocycles. The molecule has 0 heterocycles. The van der Waals surface area contributed by atoms with E-state index in [9.17, 15) is 13.2 Å². The summed E-state index contributed by atoms with van der Waals surface area (Å²) in [5.74, 6) is -0.161. The highest BCUT2D eigenvalue weighted by Crippen LogP contribution is 2.13. The van der Waals surface area contributed by atoms with E-state index < -0.39 is 12.8 Å². The van der Waals surface area contributed by atoms with Crippen molar-refractivity contribution in [1.82, 2.24) is 0 Å². The van der Waals surface area contributed by atoms with Crippen molar-refractivity contribution in [3.8, 4) is 0 Å². The molecule has 0 aliphatic rings. The molecule has 4 nitrogen and oxygen atoms in total. The predicted octanol–water partition coefficient (Wildman–Crippen LogP) is -0.161. The van der Waals surface area contributed by atoms with E-state index in [2.05, 4.69) is 9.73 Å². The zero-order valence-corrected chi connectivity index (χ0v) is 6.27. The van der Waals surface area contributed by atoms with Crippen molar-refractivity contribution < 1.29 is 17.9 Å². The van der Waals surface area contributed by atoms with E-state index in [1.165, 1.54) is 0 Å². The molecule has 0 atom stereocenters. The van der Waals surface area contributed by atoms with E-state index in [0.29, 0.717) is 0 Å². The second-order valence-electron chi connectivity index (χ2n) is 1.97. The van der Waals surface area contributed by atoms with Crippen LogP contribution in [0, 0.1) is 0 Å². The molecule has 0 saturated carbocycles. The molecule has 0 fully saturated rings. The maximum absolute atomic E-state index is 11.4. The van der Waals surface area contributed by atoms with Crippen LogP contribution in [0.1, 0.15) is 0 Å². The number of guanidine groups is 1. The maximum Gasteiger partial charge on any atom is 0.411 e. The van der Waals surface area contributed by atoms with Crippen LogP contribution in [0.5, 0.6) is 0 Å². The normalized spacial score (nSPS) is 11.2. The third kappa shape index (κ3) is 9.02. The van der Waals surface area contributed by atoms with E-state index >= 15 is 0 Å². The lowest BCUT2D eigenvalue weighted by molar-refractivity contribution is -0.173. The number of rotatable bonds is 4. The first-order valence-electron chi connectivity index (χ1n) is 3.12. The van der Waals surface area contributed by atoms with Crippen LogP contribution < -0.4 is 11.5 Å². The monoisotopic (exact) mass is 185 g/mol. The van der Waals surface area contributed by atoms with Gasteiger partial charge in [-0.05, 0) is 0 Å². The fourth-order valence-electron chi connectivity index (χ4n) is 0.427. The zero-order valence-electron chi connectivity index (χ0n) is 6.27. The zero-order chi connectivity index (χ0) is 9.61. The van der Waals surface area contributed by atoms with Crippen molar-refractivity contribution >= 4 is 5.96 Å². The Bertz CT molecular complexity index is 153. The van der Waals surface area contributed by atoms with Crippen LogP contribution in [0.25, 0.3) is 0 Å². The molecular weight excluding hydrogens is 175 g/mol. The molecule has 0 aromatic rings. The number of halogens is 3. The lowest BCUT2D eigenvalue weighted by Crippen LogP contribution is -2.24. The Kier molecular flexibility index (Phi) is 4.42. The van der Waals surface area contributed by atoms with Crippen LogP contribution in [0.3, 0.4) is 0 Å². The molecule has 7 heteroatoms. The third-order valence-corrected chi connectivity index (χ3v) is 0.796. The summed E-state index contributed by atoms with van der Waals surface area (Å²) in [6, 6.07) is 0. The molecule has 0 amide bonds. The van der Waals surface area contributed by atoms with Gasteiger partial charge >= 0.3 is 6.18 Å². The standard InChI is InChI=1S/C5H10F3N3O/c6-5(7,8)3-12-2-1-11-4(9)10/h1-3H2,(H4,9,10,11). The molecule has 0 unspecified atom stereocenters. The Morgan fingerprint density at radius 3 is 2.33 bits per heavy atom. The number of hydrogen-bond acceptors (Lipinski definition) is 2. The maximum atomic E-state index is 11.4. The Labute approximate surface area is 67.4 Å². The van der Waals surface area contributed by atoms with Gasteiger partial charge in [-0.15, -0.1) is 0 Å². The van der Waals surface area contributed by atoms with Crippen molar-refractivity contribution in [1.29, 1.82) is 0 Å². The van der Waals surface area contributed by atoms with Gasteiger partial charge in [-0.2, -0.15) is 13.2 Å². The van der Waals surface area contributed by atoms with Crippen LogP contribution in [0.15, 0.2) is 4.99 Å². The van der Waals surface area contributed by atoms with Gasteiger partial charge < -0.3 is 16.2 Å². The number of ether oxygens (including phenoxy) is 1. The highest BCUT2D eigenvalue weighted by Gasteiger charge is 2.27. The lowest BCUT2D eigenvalue weighted by atomic mass is 10.6. The number of nitrogens with two attached hydrogens (primary N) is 2. The Morgan fingerprint density at radius 1 is 1.33 bits per heavy atom. The van der Waals surface area contributed by atoms with Crippen molar-refractivity contribution in [2.45, 2.75) is 6.18 Å². The van der Waals surface area contributed by atoms with E-state index in [-0.39, 0.29) is 19.1 Å². The smallest absolute Gasteiger partial charge is 0.370 e. The van der Waals surface area contributed by atoms with Crippen molar-refractivity contribution in [3.63, 3.8) is 0 Å². The fraction of sp³-hybridized carbons (Fsp3) is 0.800. The number of aliphatic imine (C=N–C) groups is 1. The van der Waals surface area contributed by atoms with Gasteiger partial charge in [0.15, 0.2) is 5.96 Å². The fourth-order valence-corrected chi connectivity index (χ4v) is 0.427. The molecule has 0 radical (unpaired) electrons. The second kappa shape index (κ2) is 4.81. The molecule has 0 spiro atoms. The van der Waals surface area contributed by atoms with E-state index in [1.807, 2.05) is 0 Å². The summed E-state index contributed by atoms with van der Waals surface area (Å²) in [5, 5.41) is 0. The van der Waals surface area contributed by atoms with Crippen LogP contribution in [-0.4, -0.2) is 31.9 Å². The minimum Gasteiger partial charge on any atom is -0.370 e. The summed E-state index contributed by atoms with van der Waals surface area (Å²) in [5.41, 5.74) is 9.82. The molecule has 72 valence electrons. The quantitative estimate of drug-likeness (QED) is 0.363. The molecule has 4 N–H and O–H groups in total. The summed E-state index contributed by atoms with van der Waals surface area (Å²) >= 11 is 0. The minimum absolute atomic E-state index is 0.0401. The van der Waals surface area contributed by atoms with Gasteiger partial charge in [-0.1, -0.05) is 0 Å². The Balaban J connectivity index is 3.29. The Hall–Kier alpha value is -0.980. The summed E-state index contributed by atoms with van der Waals surface area (Å²) < 4.78 is 38.5. The first-order valence-corrected chi connectivity index (χ1v) is 3.12. The first kappa shape index (κ1) is 11.0. The molecule has 0 bridgehead atoms. The van der Waals surface area contributed by atoms with Gasteiger partial charge in [0.1, 0.15) is 6.61 Å². The van der Waals surface area contributed by atoms with Gasteiger partial charge in [0.2, 0.25) is 0 Å². The van der Waals surface area contributed by atoms with Crippen LogP contribution in [-0.2, 0) is 4.74 Å².